The van der Waals surface area contributed by atoms with Crippen LogP contribution in [0.25, 0.3) is 0 Å². The average molecular weight is 267 g/mol. The molecule has 0 saturated heterocycles. The zero-order valence-electron chi connectivity index (χ0n) is 12.9. The van der Waals surface area contributed by atoms with E-state index in [-0.39, 0.29) is 24.5 Å². The Kier molecular flexibility index (Phi) is 6.05. The van der Waals surface area contributed by atoms with Crippen molar-refractivity contribution in [3.05, 3.63) is 11.6 Å². The third-order valence-electron chi connectivity index (χ3n) is 4.18. The van der Waals surface area contributed by atoms with Crippen LogP contribution in [0.3, 0.4) is 0 Å². The van der Waals surface area contributed by atoms with Gasteiger partial charge in [0.2, 0.25) is 5.91 Å². The lowest BCUT2D eigenvalue weighted by atomic mass is 9.70. The molecule has 0 bridgehead atoms. The van der Waals surface area contributed by atoms with E-state index < -0.39 is 0 Å². The molecule has 110 valence electrons. The summed E-state index contributed by atoms with van der Waals surface area (Å²) < 4.78 is 0. The lowest BCUT2D eigenvalue weighted by molar-refractivity contribution is -0.122. The van der Waals surface area contributed by atoms with Crippen LogP contribution in [-0.4, -0.2) is 23.7 Å². The molecule has 0 aromatic heterocycles. The van der Waals surface area contributed by atoms with Gasteiger partial charge in [0.15, 0.2) is 0 Å². The molecule has 1 amide bonds. The normalized spacial score (nSPS) is 27.6. The van der Waals surface area contributed by atoms with Crippen LogP contribution in [0.15, 0.2) is 11.6 Å². The largest absolute Gasteiger partial charge is 0.396 e. The van der Waals surface area contributed by atoms with Gasteiger partial charge in [-0.2, -0.15) is 0 Å². The van der Waals surface area contributed by atoms with E-state index in [2.05, 4.69) is 32.2 Å². The zero-order valence-corrected chi connectivity index (χ0v) is 12.9. The molecule has 0 saturated carbocycles. The molecule has 3 nitrogen and oxygen atoms in total. The highest BCUT2D eigenvalue weighted by Crippen LogP contribution is 2.38. The van der Waals surface area contributed by atoms with Gasteiger partial charge in [-0.3, -0.25) is 4.79 Å². The van der Waals surface area contributed by atoms with Crippen molar-refractivity contribution in [2.75, 3.05) is 6.61 Å². The van der Waals surface area contributed by atoms with E-state index >= 15 is 0 Å². The van der Waals surface area contributed by atoms with Crippen LogP contribution >= 0.6 is 0 Å². The molecule has 1 rings (SSSR count). The zero-order chi connectivity index (χ0) is 14.6. The Labute approximate surface area is 117 Å². The van der Waals surface area contributed by atoms with Gasteiger partial charge in [-0.05, 0) is 44.9 Å². The number of nitrogens with one attached hydrogen (secondary N) is 1. The average Bonchev–Trinajstić information content (AvgIpc) is 2.29. The predicted octanol–water partition coefficient (Wildman–Crippen LogP) is 2.75. The molecule has 0 fully saturated rings. The lowest BCUT2D eigenvalue weighted by Crippen LogP contribution is -2.35. The molecule has 19 heavy (non-hydrogen) atoms. The number of aliphatic hydroxyl groups is 1. The smallest absolute Gasteiger partial charge is 0.220 e. The Bertz CT molecular complexity index is 334. The number of allylic oxidation sites excluding steroid dienone is 1. The maximum atomic E-state index is 11.9. The van der Waals surface area contributed by atoms with Crippen molar-refractivity contribution in [1.82, 2.24) is 5.32 Å². The fourth-order valence-corrected chi connectivity index (χ4v) is 3.09. The van der Waals surface area contributed by atoms with E-state index in [0.717, 1.165) is 6.42 Å². The number of hydrogen-bond acceptors (Lipinski definition) is 2. The first kappa shape index (κ1) is 16.2. The molecule has 0 spiro atoms. The van der Waals surface area contributed by atoms with Crippen molar-refractivity contribution >= 4 is 5.91 Å². The molecule has 3 heteroatoms. The van der Waals surface area contributed by atoms with Crippen molar-refractivity contribution < 1.29 is 9.90 Å². The molecular formula is C16H29NO2. The maximum Gasteiger partial charge on any atom is 0.220 e. The second-order valence-corrected chi connectivity index (χ2v) is 6.52. The van der Waals surface area contributed by atoms with Gasteiger partial charge in [-0.15, -0.1) is 0 Å². The molecule has 0 aliphatic heterocycles. The second kappa shape index (κ2) is 7.09. The van der Waals surface area contributed by atoms with Gasteiger partial charge in [0, 0.05) is 25.0 Å². The first-order chi connectivity index (χ1) is 8.85. The van der Waals surface area contributed by atoms with Crippen molar-refractivity contribution in [3.63, 3.8) is 0 Å². The predicted molar refractivity (Wildman–Crippen MR) is 78.7 cm³/mol. The summed E-state index contributed by atoms with van der Waals surface area (Å²) in [5.41, 5.74) is 1.26. The van der Waals surface area contributed by atoms with Crippen LogP contribution in [0.4, 0.5) is 0 Å². The summed E-state index contributed by atoms with van der Waals surface area (Å²) in [5.74, 6) is 1.73. The minimum Gasteiger partial charge on any atom is -0.396 e. The van der Waals surface area contributed by atoms with Gasteiger partial charge in [-0.1, -0.05) is 25.5 Å². The van der Waals surface area contributed by atoms with Gasteiger partial charge in [0.1, 0.15) is 0 Å². The number of hydrogen-bond donors (Lipinski definition) is 2. The van der Waals surface area contributed by atoms with E-state index in [1.807, 2.05) is 13.8 Å². The van der Waals surface area contributed by atoms with E-state index in [1.165, 1.54) is 5.57 Å². The summed E-state index contributed by atoms with van der Waals surface area (Å²) in [6, 6.07) is 0.200. The molecule has 0 unspecified atom stereocenters. The van der Waals surface area contributed by atoms with Crippen LogP contribution < -0.4 is 5.32 Å². The molecule has 1 aliphatic carbocycles. The fraction of sp³-hybridized carbons (Fsp3) is 0.812. The minimum absolute atomic E-state index is 0.137. The Morgan fingerprint density at radius 2 is 2.05 bits per heavy atom. The maximum absolute atomic E-state index is 11.9. The van der Waals surface area contributed by atoms with Gasteiger partial charge >= 0.3 is 0 Å². The standard InChI is InChI=1S/C16H29NO2/c1-10(2)15-7-13(8-16(19)17-11(3)4)12(5)6-14(15)9-18/h6,10-11,13-15,18H,7-9H2,1-5H3,(H,17,19)/t13-,14-,15-/m0/s1. The third-order valence-corrected chi connectivity index (χ3v) is 4.18. The summed E-state index contributed by atoms with van der Waals surface area (Å²) in [6.07, 6.45) is 3.76. The van der Waals surface area contributed by atoms with E-state index in [1.54, 1.807) is 0 Å². The van der Waals surface area contributed by atoms with Crippen LogP contribution in [-0.2, 0) is 4.79 Å². The second-order valence-electron chi connectivity index (χ2n) is 6.52. The summed E-state index contributed by atoms with van der Waals surface area (Å²) in [5, 5.41) is 12.5. The Morgan fingerprint density at radius 3 is 2.53 bits per heavy atom. The third kappa shape index (κ3) is 4.64. The van der Waals surface area contributed by atoms with Crippen LogP contribution in [0, 0.1) is 23.7 Å². The van der Waals surface area contributed by atoms with Crippen LogP contribution in [0.5, 0.6) is 0 Å². The van der Waals surface area contributed by atoms with Gasteiger partial charge in [0.25, 0.3) is 0 Å². The van der Waals surface area contributed by atoms with E-state index in [4.69, 9.17) is 0 Å². The van der Waals surface area contributed by atoms with Crippen molar-refractivity contribution in [3.8, 4) is 0 Å². The summed E-state index contributed by atoms with van der Waals surface area (Å²) in [7, 11) is 0. The summed E-state index contributed by atoms with van der Waals surface area (Å²) >= 11 is 0. The summed E-state index contributed by atoms with van der Waals surface area (Å²) in [4.78, 5) is 11.9. The van der Waals surface area contributed by atoms with E-state index in [9.17, 15) is 9.90 Å². The first-order valence-electron chi connectivity index (χ1n) is 7.43. The molecule has 0 aromatic carbocycles. The van der Waals surface area contributed by atoms with Crippen LogP contribution in [0.1, 0.15) is 47.5 Å². The highest BCUT2D eigenvalue weighted by molar-refractivity contribution is 5.76. The molecule has 0 heterocycles. The Hall–Kier alpha value is -0.830. The fourth-order valence-electron chi connectivity index (χ4n) is 3.09. The number of carbonyl (C=O) groups excluding carboxylic acids is 1. The SMILES string of the molecule is CC1=C[C@@H](CO)[C@H](C(C)C)C[C@H]1CC(=O)NC(C)C. The summed E-state index contributed by atoms with van der Waals surface area (Å²) in [6.45, 7) is 10.7. The highest BCUT2D eigenvalue weighted by Gasteiger charge is 2.32. The van der Waals surface area contributed by atoms with E-state index in [0.29, 0.717) is 24.2 Å². The highest BCUT2D eigenvalue weighted by atomic mass is 16.3. The quantitative estimate of drug-likeness (QED) is 0.753. The number of carbonyl (C=O) groups is 1. The molecular weight excluding hydrogens is 238 g/mol. The lowest BCUT2D eigenvalue weighted by Gasteiger charge is -2.36. The molecule has 0 aromatic rings. The Morgan fingerprint density at radius 1 is 1.42 bits per heavy atom. The minimum atomic E-state index is 0.137. The monoisotopic (exact) mass is 267 g/mol. The topological polar surface area (TPSA) is 49.3 Å². The van der Waals surface area contributed by atoms with Gasteiger partial charge in [-0.25, -0.2) is 0 Å². The van der Waals surface area contributed by atoms with Crippen molar-refractivity contribution in [1.29, 1.82) is 0 Å². The Balaban J connectivity index is 2.72. The molecule has 0 radical (unpaired) electrons. The van der Waals surface area contributed by atoms with Gasteiger partial charge < -0.3 is 10.4 Å². The van der Waals surface area contributed by atoms with Crippen molar-refractivity contribution in [2.45, 2.75) is 53.5 Å². The first-order valence-corrected chi connectivity index (χ1v) is 7.43. The number of amides is 1. The molecule has 1 aliphatic rings. The number of rotatable bonds is 5. The van der Waals surface area contributed by atoms with Gasteiger partial charge in [0.05, 0.1) is 0 Å². The number of aliphatic hydroxyl groups excluding tert-OH is 1. The molecule has 2 N–H and O–H groups in total. The molecule has 3 atom stereocenters. The van der Waals surface area contributed by atoms with Crippen molar-refractivity contribution in [2.24, 2.45) is 23.7 Å². The van der Waals surface area contributed by atoms with Crippen LogP contribution in [0.2, 0.25) is 0 Å².